The maximum absolute atomic E-state index is 13.9. The van der Waals surface area contributed by atoms with E-state index in [4.69, 9.17) is 9.47 Å². The molecule has 0 aromatic heterocycles. The second kappa shape index (κ2) is 7.94. The summed E-state index contributed by atoms with van der Waals surface area (Å²) in [6.45, 7) is 4.97. The van der Waals surface area contributed by atoms with E-state index in [2.05, 4.69) is 10.1 Å². The van der Waals surface area contributed by atoms with Crippen molar-refractivity contribution in [2.45, 2.75) is 38.8 Å². The fraction of sp³-hybridized carbons (Fsp3) is 0.500. The van der Waals surface area contributed by atoms with Gasteiger partial charge in [0.05, 0.1) is 14.2 Å². The van der Waals surface area contributed by atoms with Crippen LogP contribution in [0.15, 0.2) is 12.1 Å². The van der Waals surface area contributed by atoms with Crippen molar-refractivity contribution in [1.82, 2.24) is 5.32 Å². The van der Waals surface area contributed by atoms with Crippen LogP contribution < -0.4 is 10.1 Å². The SMILES string of the molecule is COC(=O)C(Cc1cc(OC)c(F)cc1F)NC(=O)OC(C)(C)C. The first-order chi connectivity index (χ1) is 11.1. The molecule has 0 aliphatic carbocycles. The third-order valence-electron chi connectivity index (χ3n) is 2.92. The maximum Gasteiger partial charge on any atom is 0.408 e. The zero-order chi connectivity index (χ0) is 18.5. The summed E-state index contributed by atoms with van der Waals surface area (Å²) in [5, 5.41) is 2.32. The average Bonchev–Trinajstić information content (AvgIpc) is 2.46. The molecule has 1 unspecified atom stereocenters. The van der Waals surface area contributed by atoms with Crippen LogP contribution in [0, 0.1) is 11.6 Å². The fourth-order valence-electron chi connectivity index (χ4n) is 1.89. The van der Waals surface area contributed by atoms with E-state index in [1.54, 1.807) is 20.8 Å². The van der Waals surface area contributed by atoms with Crippen molar-refractivity contribution in [2.24, 2.45) is 0 Å². The number of halogens is 2. The minimum Gasteiger partial charge on any atom is -0.494 e. The topological polar surface area (TPSA) is 73.9 Å². The summed E-state index contributed by atoms with van der Waals surface area (Å²) in [4.78, 5) is 23.7. The summed E-state index contributed by atoms with van der Waals surface area (Å²) in [7, 11) is 2.37. The lowest BCUT2D eigenvalue weighted by Crippen LogP contribution is -2.45. The summed E-state index contributed by atoms with van der Waals surface area (Å²) in [5.41, 5.74) is -0.783. The number of ether oxygens (including phenoxy) is 3. The number of rotatable bonds is 5. The fourth-order valence-corrected chi connectivity index (χ4v) is 1.89. The minimum atomic E-state index is -1.20. The first-order valence-corrected chi connectivity index (χ1v) is 7.16. The van der Waals surface area contributed by atoms with Crippen molar-refractivity contribution in [3.63, 3.8) is 0 Å². The molecule has 134 valence electrons. The largest absolute Gasteiger partial charge is 0.494 e. The van der Waals surface area contributed by atoms with Crippen molar-refractivity contribution in [1.29, 1.82) is 0 Å². The average molecular weight is 345 g/mol. The third kappa shape index (κ3) is 5.68. The third-order valence-corrected chi connectivity index (χ3v) is 2.92. The van der Waals surface area contributed by atoms with E-state index in [0.29, 0.717) is 6.07 Å². The number of alkyl carbamates (subject to hydrolysis) is 1. The van der Waals surface area contributed by atoms with Crippen LogP contribution in [0.25, 0.3) is 0 Å². The van der Waals surface area contributed by atoms with E-state index >= 15 is 0 Å². The van der Waals surface area contributed by atoms with E-state index in [1.807, 2.05) is 0 Å². The summed E-state index contributed by atoms with van der Waals surface area (Å²) in [6, 6.07) is 0.572. The summed E-state index contributed by atoms with van der Waals surface area (Å²) in [5.74, 6) is -2.70. The van der Waals surface area contributed by atoms with Crippen LogP contribution in [0.1, 0.15) is 26.3 Å². The summed E-state index contributed by atoms with van der Waals surface area (Å²) >= 11 is 0. The number of hydrogen-bond acceptors (Lipinski definition) is 5. The lowest BCUT2D eigenvalue weighted by Gasteiger charge is -2.22. The Morgan fingerprint density at radius 3 is 2.29 bits per heavy atom. The Kier molecular flexibility index (Phi) is 6.51. The standard InChI is InChI=1S/C16H21F2NO5/c1-16(2,3)24-15(21)19-12(14(20)23-5)6-9-7-13(22-4)11(18)8-10(9)17/h7-8,12H,6H2,1-5H3,(H,19,21). The Balaban J connectivity index is 2.99. The van der Waals surface area contributed by atoms with Crippen LogP contribution in [0.5, 0.6) is 5.75 Å². The van der Waals surface area contributed by atoms with Gasteiger partial charge in [-0.05, 0) is 32.4 Å². The monoisotopic (exact) mass is 345 g/mol. The molecule has 1 N–H and O–H groups in total. The van der Waals surface area contributed by atoms with Crippen LogP contribution in [0.2, 0.25) is 0 Å². The molecule has 0 fully saturated rings. The normalized spacial score (nSPS) is 12.3. The van der Waals surface area contributed by atoms with Gasteiger partial charge in [-0.1, -0.05) is 0 Å². The number of carbonyl (C=O) groups excluding carboxylic acids is 2. The van der Waals surface area contributed by atoms with Gasteiger partial charge in [0.1, 0.15) is 17.5 Å². The van der Waals surface area contributed by atoms with Gasteiger partial charge in [-0.2, -0.15) is 0 Å². The Hall–Kier alpha value is -2.38. The first kappa shape index (κ1) is 19.7. The first-order valence-electron chi connectivity index (χ1n) is 7.16. The highest BCUT2D eigenvalue weighted by Crippen LogP contribution is 2.22. The number of methoxy groups -OCH3 is 2. The molecular weight excluding hydrogens is 324 g/mol. The summed E-state index contributed by atoms with van der Waals surface area (Å²) < 4.78 is 41.8. The molecular formula is C16H21F2NO5. The number of carbonyl (C=O) groups is 2. The molecule has 0 radical (unpaired) electrons. The van der Waals surface area contributed by atoms with Crippen molar-refractivity contribution in [2.75, 3.05) is 14.2 Å². The molecule has 1 rings (SSSR count). The van der Waals surface area contributed by atoms with E-state index in [-0.39, 0.29) is 17.7 Å². The molecule has 0 spiro atoms. The molecule has 1 atom stereocenters. The van der Waals surface area contributed by atoms with E-state index in [9.17, 15) is 18.4 Å². The number of benzene rings is 1. The van der Waals surface area contributed by atoms with Gasteiger partial charge in [0.25, 0.3) is 0 Å². The van der Waals surface area contributed by atoms with Crippen LogP contribution in [-0.2, 0) is 20.7 Å². The second-order valence-corrected chi connectivity index (χ2v) is 6.00. The van der Waals surface area contributed by atoms with Crippen LogP contribution in [-0.4, -0.2) is 37.9 Å². The number of nitrogens with one attached hydrogen (secondary N) is 1. The maximum atomic E-state index is 13.9. The van der Waals surface area contributed by atoms with Crippen molar-refractivity contribution in [3.05, 3.63) is 29.3 Å². The van der Waals surface area contributed by atoms with E-state index in [0.717, 1.165) is 13.2 Å². The molecule has 0 saturated heterocycles. The quantitative estimate of drug-likeness (QED) is 0.831. The van der Waals surface area contributed by atoms with Gasteiger partial charge >= 0.3 is 12.1 Å². The van der Waals surface area contributed by atoms with Gasteiger partial charge < -0.3 is 19.5 Å². The van der Waals surface area contributed by atoms with E-state index in [1.165, 1.54) is 7.11 Å². The Morgan fingerprint density at radius 2 is 1.79 bits per heavy atom. The molecule has 1 aromatic carbocycles. The Morgan fingerprint density at radius 1 is 1.17 bits per heavy atom. The second-order valence-electron chi connectivity index (χ2n) is 6.00. The molecule has 0 saturated carbocycles. The summed E-state index contributed by atoms with van der Waals surface area (Å²) in [6.07, 6.45) is -1.11. The van der Waals surface area contributed by atoms with Gasteiger partial charge in [-0.3, -0.25) is 0 Å². The van der Waals surface area contributed by atoms with E-state index < -0.39 is 35.3 Å². The smallest absolute Gasteiger partial charge is 0.408 e. The molecule has 0 bridgehead atoms. The molecule has 8 heteroatoms. The molecule has 0 aliphatic heterocycles. The number of esters is 1. The minimum absolute atomic E-state index is 0.0142. The van der Waals surface area contributed by atoms with Crippen LogP contribution in [0.3, 0.4) is 0 Å². The van der Waals surface area contributed by atoms with Crippen molar-refractivity contribution in [3.8, 4) is 5.75 Å². The molecule has 0 heterocycles. The van der Waals surface area contributed by atoms with Gasteiger partial charge in [0.15, 0.2) is 11.6 Å². The Bertz CT molecular complexity index is 613. The zero-order valence-corrected chi connectivity index (χ0v) is 14.2. The lowest BCUT2D eigenvalue weighted by atomic mass is 10.0. The predicted molar refractivity (Wildman–Crippen MR) is 81.8 cm³/mol. The molecule has 6 nitrogen and oxygen atoms in total. The number of amides is 1. The van der Waals surface area contributed by atoms with Gasteiger partial charge in [-0.25, -0.2) is 18.4 Å². The molecule has 24 heavy (non-hydrogen) atoms. The zero-order valence-electron chi connectivity index (χ0n) is 14.2. The Labute approximate surface area is 139 Å². The highest BCUT2D eigenvalue weighted by atomic mass is 19.1. The van der Waals surface area contributed by atoms with Crippen molar-refractivity contribution >= 4 is 12.1 Å². The van der Waals surface area contributed by atoms with Gasteiger partial charge in [-0.15, -0.1) is 0 Å². The molecule has 0 aliphatic rings. The highest BCUT2D eigenvalue weighted by Gasteiger charge is 2.27. The predicted octanol–water partition coefficient (Wildman–Crippen LogP) is 2.58. The molecule has 1 amide bonds. The van der Waals surface area contributed by atoms with Crippen molar-refractivity contribution < 1.29 is 32.6 Å². The van der Waals surface area contributed by atoms with Crippen LogP contribution in [0.4, 0.5) is 13.6 Å². The number of hydrogen-bond donors (Lipinski definition) is 1. The van der Waals surface area contributed by atoms with Gasteiger partial charge in [0.2, 0.25) is 0 Å². The highest BCUT2D eigenvalue weighted by molar-refractivity contribution is 5.81. The lowest BCUT2D eigenvalue weighted by molar-refractivity contribution is -0.143. The molecule has 1 aromatic rings. The van der Waals surface area contributed by atoms with Gasteiger partial charge in [0, 0.05) is 12.5 Å². The van der Waals surface area contributed by atoms with Crippen LogP contribution >= 0.6 is 0 Å².